The molecule has 100 valence electrons. The van der Waals surface area contributed by atoms with Crippen molar-refractivity contribution >= 4 is 38.2 Å². The minimum Gasteiger partial charge on any atom is -0.302 e. The van der Waals surface area contributed by atoms with E-state index in [1.807, 2.05) is 0 Å². The van der Waals surface area contributed by atoms with Gasteiger partial charge >= 0.3 is 0 Å². The summed E-state index contributed by atoms with van der Waals surface area (Å²) in [5, 5.41) is 10.3. The van der Waals surface area contributed by atoms with Crippen molar-refractivity contribution in [2.24, 2.45) is 0 Å². The highest BCUT2D eigenvalue weighted by Crippen LogP contribution is 2.40. The molecule has 3 heterocycles. The van der Waals surface area contributed by atoms with Crippen LogP contribution < -0.4 is 4.90 Å². The maximum Gasteiger partial charge on any atom is 0.228 e. The number of halogens is 1. The lowest BCUT2D eigenvalue weighted by molar-refractivity contribution is -0.116. The van der Waals surface area contributed by atoms with Gasteiger partial charge < -0.3 is 9.80 Å². The van der Waals surface area contributed by atoms with Gasteiger partial charge in [-0.15, -0.1) is 11.3 Å². The van der Waals surface area contributed by atoms with Crippen LogP contribution in [0.25, 0.3) is 0 Å². The number of anilines is 1. The van der Waals surface area contributed by atoms with Crippen molar-refractivity contribution in [1.29, 1.82) is 5.26 Å². The maximum absolute atomic E-state index is 12.0. The smallest absolute Gasteiger partial charge is 0.228 e. The molecule has 6 heteroatoms. The lowest BCUT2D eigenvalue weighted by Crippen LogP contribution is -2.25. The van der Waals surface area contributed by atoms with Crippen LogP contribution in [0.3, 0.4) is 0 Å². The van der Waals surface area contributed by atoms with Crippen molar-refractivity contribution in [3.63, 3.8) is 0 Å². The summed E-state index contributed by atoms with van der Waals surface area (Å²) in [6.45, 7) is 2.53. The van der Waals surface area contributed by atoms with Gasteiger partial charge in [-0.2, -0.15) is 5.26 Å². The number of nitrogens with zero attached hydrogens (tertiary/aromatic N) is 3. The molecule has 3 rings (SSSR count). The van der Waals surface area contributed by atoms with Gasteiger partial charge in [-0.1, -0.05) is 15.9 Å². The first-order valence-corrected chi connectivity index (χ1v) is 8.01. The van der Waals surface area contributed by atoms with E-state index < -0.39 is 0 Å². The van der Waals surface area contributed by atoms with E-state index in [-0.39, 0.29) is 10.7 Å². The summed E-state index contributed by atoms with van der Waals surface area (Å²) in [5.41, 5.74) is 1.88. The SMILES string of the molecule is CN1CCc2c(sc(N3CC(Br)CC3=O)c2C#N)C1. The van der Waals surface area contributed by atoms with Crippen LogP contribution in [0.5, 0.6) is 0 Å². The summed E-state index contributed by atoms with van der Waals surface area (Å²) in [6, 6.07) is 2.31. The Labute approximate surface area is 124 Å². The number of likely N-dealkylation sites (N-methyl/N-ethyl adjacent to an activating group) is 1. The van der Waals surface area contributed by atoms with Gasteiger partial charge in [-0.3, -0.25) is 4.79 Å². The summed E-state index contributed by atoms with van der Waals surface area (Å²) in [7, 11) is 2.09. The average Bonchev–Trinajstić information content (AvgIpc) is 2.88. The molecular weight excluding hydrogens is 326 g/mol. The van der Waals surface area contributed by atoms with Gasteiger partial charge in [-0.25, -0.2) is 0 Å². The molecule has 2 aliphatic heterocycles. The molecule has 1 aromatic rings. The van der Waals surface area contributed by atoms with Gasteiger partial charge in [0.1, 0.15) is 11.1 Å². The minimum absolute atomic E-state index is 0.116. The third-order valence-corrected chi connectivity index (χ3v) is 5.52. The highest BCUT2D eigenvalue weighted by molar-refractivity contribution is 9.09. The van der Waals surface area contributed by atoms with E-state index in [0.717, 1.165) is 35.6 Å². The molecule has 0 N–H and O–H groups in total. The van der Waals surface area contributed by atoms with E-state index in [1.54, 1.807) is 16.2 Å². The first-order valence-electron chi connectivity index (χ1n) is 6.27. The fourth-order valence-electron chi connectivity index (χ4n) is 2.68. The van der Waals surface area contributed by atoms with Gasteiger partial charge in [0, 0.05) is 35.8 Å². The second-order valence-electron chi connectivity index (χ2n) is 5.09. The van der Waals surface area contributed by atoms with E-state index in [4.69, 9.17) is 0 Å². The summed E-state index contributed by atoms with van der Waals surface area (Å²) >= 11 is 5.11. The van der Waals surface area contributed by atoms with Crippen molar-refractivity contribution in [2.45, 2.75) is 24.2 Å². The third kappa shape index (κ3) is 2.20. The van der Waals surface area contributed by atoms with Crippen LogP contribution in [0.2, 0.25) is 0 Å². The molecule has 19 heavy (non-hydrogen) atoms. The Balaban J connectivity index is 2.03. The second-order valence-corrected chi connectivity index (χ2v) is 7.47. The van der Waals surface area contributed by atoms with Crippen LogP contribution in [-0.4, -0.2) is 35.8 Å². The van der Waals surface area contributed by atoms with Crippen molar-refractivity contribution < 1.29 is 4.79 Å². The van der Waals surface area contributed by atoms with Crippen molar-refractivity contribution in [2.75, 3.05) is 25.0 Å². The van der Waals surface area contributed by atoms with E-state index in [9.17, 15) is 10.1 Å². The molecule has 0 radical (unpaired) electrons. The number of thiophene rings is 1. The summed E-state index contributed by atoms with van der Waals surface area (Å²) in [4.78, 5) is 17.5. The zero-order valence-electron chi connectivity index (χ0n) is 10.6. The maximum atomic E-state index is 12.0. The quantitative estimate of drug-likeness (QED) is 0.736. The number of nitriles is 1. The summed E-state index contributed by atoms with van der Waals surface area (Å²) < 4.78 is 0. The Bertz CT molecular complexity index is 577. The van der Waals surface area contributed by atoms with Gasteiger partial charge in [0.25, 0.3) is 0 Å². The predicted octanol–water partition coefficient (Wildman–Crippen LogP) is 2.11. The van der Waals surface area contributed by atoms with Crippen LogP contribution in [0.15, 0.2) is 0 Å². The number of alkyl halides is 1. The number of carbonyl (C=O) groups excluding carboxylic acids is 1. The molecule has 2 aliphatic rings. The summed E-state index contributed by atoms with van der Waals surface area (Å²) in [5.74, 6) is 0.116. The monoisotopic (exact) mass is 339 g/mol. The standard InChI is InChI=1S/C13H14BrN3OS/c1-16-3-2-9-10(5-15)13(19-11(9)7-16)17-6-8(14)4-12(17)18/h8H,2-4,6-7H2,1H3. The van der Waals surface area contributed by atoms with Gasteiger partial charge in [0.05, 0.1) is 5.56 Å². The van der Waals surface area contributed by atoms with Crippen molar-refractivity contribution in [1.82, 2.24) is 4.90 Å². The first-order chi connectivity index (χ1) is 9.10. The first kappa shape index (κ1) is 13.1. The average molecular weight is 340 g/mol. The summed E-state index contributed by atoms with van der Waals surface area (Å²) in [6.07, 6.45) is 1.43. The van der Waals surface area contributed by atoms with E-state index in [0.29, 0.717) is 13.0 Å². The topological polar surface area (TPSA) is 47.3 Å². The van der Waals surface area contributed by atoms with Crippen LogP contribution in [0.1, 0.15) is 22.4 Å². The Morgan fingerprint density at radius 1 is 1.53 bits per heavy atom. The van der Waals surface area contributed by atoms with Crippen LogP contribution in [-0.2, 0) is 17.8 Å². The Morgan fingerprint density at radius 2 is 2.32 bits per heavy atom. The minimum atomic E-state index is 0.116. The molecule has 4 nitrogen and oxygen atoms in total. The Hall–Kier alpha value is -0.900. The number of amides is 1. The predicted molar refractivity (Wildman–Crippen MR) is 78.8 cm³/mol. The molecule has 0 bridgehead atoms. The van der Waals surface area contributed by atoms with Crippen molar-refractivity contribution in [3.05, 3.63) is 16.0 Å². The Kier molecular flexibility index (Phi) is 3.37. The largest absolute Gasteiger partial charge is 0.302 e. The number of rotatable bonds is 1. The number of fused-ring (bicyclic) bond motifs is 1. The zero-order chi connectivity index (χ0) is 13.6. The fraction of sp³-hybridized carbons (Fsp3) is 0.538. The normalized spacial score (nSPS) is 23.5. The van der Waals surface area contributed by atoms with Gasteiger partial charge in [0.15, 0.2) is 0 Å². The van der Waals surface area contributed by atoms with Gasteiger partial charge in [0.2, 0.25) is 5.91 Å². The number of hydrogen-bond acceptors (Lipinski definition) is 4. The lowest BCUT2D eigenvalue weighted by atomic mass is 10.0. The molecule has 1 atom stereocenters. The van der Waals surface area contributed by atoms with Gasteiger partial charge in [-0.05, 0) is 19.0 Å². The second kappa shape index (κ2) is 4.89. The zero-order valence-corrected chi connectivity index (χ0v) is 13.1. The molecule has 1 saturated heterocycles. The molecule has 0 saturated carbocycles. The van der Waals surface area contributed by atoms with E-state index in [2.05, 4.69) is 33.9 Å². The number of hydrogen-bond donors (Lipinski definition) is 0. The molecule has 1 aromatic heterocycles. The molecule has 1 fully saturated rings. The molecule has 0 spiro atoms. The van der Waals surface area contributed by atoms with Crippen LogP contribution in [0.4, 0.5) is 5.00 Å². The fourth-order valence-corrected chi connectivity index (χ4v) is 4.65. The van der Waals surface area contributed by atoms with E-state index >= 15 is 0 Å². The Morgan fingerprint density at radius 3 is 2.95 bits per heavy atom. The lowest BCUT2D eigenvalue weighted by Gasteiger charge is -2.21. The van der Waals surface area contributed by atoms with Crippen LogP contribution >= 0.6 is 27.3 Å². The molecule has 0 aromatic carbocycles. The molecule has 0 aliphatic carbocycles. The van der Waals surface area contributed by atoms with Crippen LogP contribution in [0, 0.1) is 11.3 Å². The number of carbonyl (C=O) groups is 1. The van der Waals surface area contributed by atoms with E-state index in [1.165, 1.54) is 4.88 Å². The third-order valence-electron chi connectivity index (χ3n) is 3.66. The highest BCUT2D eigenvalue weighted by atomic mass is 79.9. The molecule has 1 amide bonds. The molecular formula is C13H14BrN3OS. The highest BCUT2D eigenvalue weighted by Gasteiger charge is 2.34. The molecule has 1 unspecified atom stereocenters. The van der Waals surface area contributed by atoms with Crippen molar-refractivity contribution in [3.8, 4) is 6.07 Å².